The van der Waals surface area contributed by atoms with Crippen molar-refractivity contribution >= 4 is 45.7 Å². The second-order valence-electron chi connectivity index (χ2n) is 10.1. The molecule has 0 spiro atoms. The molecule has 188 valence electrons. The van der Waals surface area contributed by atoms with Crippen LogP contribution in [-0.2, 0) is 42.9 Å². The number of carbonyl (C=O) groups is 5. The van der Waals surface area contributed by atoms with Crippen molar-refractivity contribution in [1.29, 1.82) is 0 Å². The molecule has 0 N–H and O–H groups in total. The van der Waals surface area contributed by atoms with E-state index in [-0.39, 0.29) is 38.4 Å². The summed E-state index contributed by atoms with van der Waals surface area (Å²) in [4.78, 5) is 62.9. The first kappa shape index (κ1) is 26.2. The SMILES string of the molecule is CC(Br)C(=O)OCC(C)(COC(=O)C(C)(C)C)C(=O)OCCN1C(=O)C2=C3CCC(O3)C2C1=O. The molecule has 2 amide bonds. The fraction of sp³-hybridized carbons (Fsp3) is 0.696. The van der Waals surface area contributed by atoms with Crippen LogP contribution in [0.2, 0.25) is 0 Å². The van der Waals surface area contributed by atoms with E-state index in [2.05, 4.69) is 15.9 Å². The summed E-state index contributed by atoms with van der Waals surface area (Å²) in [7, 11) is 0. The minimum absolute atomic E-state index is 0.112. The minimum atomic E-state index is -1.48. The lowest BCUT2D eigenvalue weighted by molar-refractivity contribution is -0.173. The molecule has 0 aromatic heterocycles. The predicted octanol–water partition coefficient (Wildman–Crippen LogP) is 1.88. The van der Waals surface area contributed by atoms with Gasteiger partial charge in [0.2, 0.25) is 5.91 Å². The first-order chi connectivity index (χ1) is 15.8. The Kier molecular flexibility index (Phi) is 7.45. The van der Waals surface area contributed by atoms with Crippen LogP contribution < -0.4 is 0 Å². The van der Waals surface area contributed by atoms with Crippen molar-refractivity contribution in [2.75, 3.05) is 26.4 Å². The van der Waals surface area contributed by atoms with Crippen molar-refractivity contribution in [3.63, 3.8) is 0 Å². The van der Waals surface area contributed by atoms with E-state index in [1.54, 1.807) is 27.7 Å². The predicted molar refractivity (Wildman–Crippen MR) is 120 cm³/mol. The average Bonchev–Trinajstić information content (AvgIpc) is 3.44. The number of imide groups is 1. The van der Waals surface area contributed by atoms with Crippen LogP contribution >= 0.6 is 15.9 Å². The van der Waals surface area contributed by atoms with E-state index in [4.69, 9.17) is 18.9 Å². The van der Waals surface area contributed by atoms with Gasteiger partial charge in [0.1, 0.15) is 47.8 Å². The lowest BCUT2D eigenvalue weighted by Crippen LogP contribution is -2.43. The molecule has 0 radical (unpaired) electrons. The zero-order valence-electron chi connectivity index (χ0n) is 20.0. The zero-order chi connectivity index (χ0) is 25.4. The molecule has 4 unspecified atom stereocenters. The molecule has 3 aliphatic heterocycles. The van der Waals surface area contributed by atoms with E-state index in [9.17, 15) is 24.0 Å². The number of ether oxygens (including phenoxy) is 4. The number of carbonyl (C=O) groups excluding carboxylic acids is 5. The summed E-state index contributed by atoms with van der Waals surface area (Å²) in [6.07, 6.45) is 1.07. The summed E-state index contributed by atoms with van der Waals surface area (Å²) < 4.78 is 21.4. The van der Waals surface area contributed by atoms with Gasteiger partial charge in [0.15, 0.2) is 0 Å². The number of fused-ring (bicyclic) bond motifs is 4. The van der Waals surface area contributed by atoms with E-state index in [1.165, 1.54) is 6.92 Å². The Hall–Kier alpha value is -2.43. The summed E-state index contributed by atoms with van der Waals surface area (Å²) in [6.45, 7) is 6.93. The van der Waals surface area contributed by atoms with Gasteiger partial charge < -0.3 is 18.9 Å². The number of allylic oxidation sites excluding steroid dienone is 1. The molecule has 34 heavy (non-hydrogen) atoms. The van der Waals surface area contributed by atoms with Crippen LogP contribution in [0.1, 0.15) is 47.5 Å². The number of halogens is 1. The van der Waals surface area contributed by atoms with E-state index in [0.29, 0.717) is 24.2 Å². The van der Waals surface area contributed by atoms with E-state index in [0.717, 1.165) is 4.90 Å². The number of esters is 3. The van der Waals surface area contributed by atoms with Gasteiger partial charge in [0.05, 0.1) is 17.5 Å². The van der Waals surface area contributed by atoms with Crippen molar-refractivity contribution in [3.05, 3.63) is 11.3 Å². The van der Waals surface area contributed by atoms with Gasteiger partial charge in [-0.2, -0.15) is 0 Å². The zero-order valence-corrected chi connectivity index (χ0v) is 21.6. The highest BCUT2D eigenvalue weighted by Crippen LogP contribution is 2.47. The topological polar surface area (TPSA) is 126 Å². The fourth-order valence-corrected chi connectivity index (χ4v) is 4.01. The Labute approximate surface area is 206 Å². The van der Waals surface area contributed by atoms with Gasteiger partial charge in [-0.15, -0.1) is 0 Å². The Bertz CT molecular complexity index is 935. The highest BCUT2D eigenvalue weighted by Gasteiger charge is 2.56. The molecule has 10 nitrogen and oxygen atoms in total. The number of alkyl halides is 1. The molecule has 3 heterocycles. The van der Waals surface area contributed by atoms with Crippen molar-refractivity contribution in [1.82, 2.24) is 4.90 Å². The fourth-order valence-electron chi connectivity index (χ4n) is 3.88. The molecule has 0 aromatic rings. The first-order valence-corrected chi connectivity index (χ1v) is 12.1. The molecule has 2 bridgehead atoms. The Morgan fingerprint density at radius 2 is 1.74 bits per heavy atom. The highest BCUT2D eigenvalue weighted by molar-refractivity contribution is 9.10. The van der Waals surface area contributed by atoms with Crippen LogP contribution in [0.5, 0.6) is 0 Å². The second kappa shape index (κ2) is 9.67. The van der Waals surface area contributed by atoms with Crippen LogP contribution in [-0.4, -0.2) is 71.9 Å². The standard InChI is InChI=1S/C23H30BrNO9/c1-12(24)19(28)32-10-23(5,11-33-20(29)22(2,3)4)21(30)31-9-8-25-17(26)15-13-6-7-14(34-13)16(15)18(25)27/h12-13,15H,6-11H2,1-5H3. The normalized spacial score (nSPS) is 23.9. The number of amides is 2. The van der Waals surface area contributed by atoms with E-state index in [1.807, 2.05) is 0 Å². The number of hydrogen-bond donors (Lipinski definition) is 0. The molecule has 3 aliphatic rings. The molecular formula is C23H30BrNO9. The largest absolute Gasteiger partial charge is 0.493 e. The van der Waals surface area contributed by atoms with Gasteiger partial charge in [-0.1, -0.05) is 15.9 Å². The summed E-state index contributed by atoms with van der Waals surface area (Å²) in [6, 6.07) is 0. The Morgan fingerprint density at radius 3 is 2.32 bits per heavy atom. The van der Waals surface area contributed by atoms with Gasteiger partial charge in [0, 0.05) is 6.42 Å². The van der Waals surface area contributed by atoms with Gasteiger partial charge in [0.25, 0.3) is 5.91 Å². The number of nitrogens with zero attached hydrogens (tertiary/aromatic N) is 1. The molecule has 11 heteroatoms. The van der Waals surface area contributed by atoms with Gasteiger partial charge in [-0.3, -0.25) is 28.9 Å². The molecule has 0 saturated carbocycles. The smallest absolute Gasteiger partial charge is 0.319 e. The van der Waals surface area contributed by atoms with Crippen LogP contribution in [0, 0.1) is 16.7 Å². The molecular weight excluding hydrogens is 514 g/mol. The Balaban J connectivity index is 1.61. The number of likely N-dealkylation sites (tertiary alicyclic amines) is 1. The second-order valence-corrected chi connectivity index (χ2v) is 11.4. The summed E-state index contributed by atoms with van der Waals surface area (Å²) in [5, 5.41) is 0. The third-order valence-corrected chi connectivity index (χ3v) is 6.35. The molecule has 2 fully saturated rings. The van der Waals surface area contributed by atoms with Crippen molar-refractivity contribution < 1.29 is 42.9 Å². The van der Waals surface area contributed by atoms with Gasteiger partial charge >= 0.3 is 17.9 Å². The maximum atomic E-state index is 12.9. The van der Waals surface area contributed by atoms with E-state index >= 15 is 0 Å². The third kappa shape index (κ3) is 5.13. The molecule has 0 aliphatic carbocycles. The maximum Gasteiger partial charge on any atom is 0.319 e. The summed E-state index contributed by atoms with van der Waals surface area (Å²) >= 11 is 3.10. The van der Waals surface area contributed by atoms with Crippen LogP contribution in [0.15, 0.2) is 11.3 Å². The first-order valence-electron chi connectivity index (χ1n) is 11.2. The maximum absolute atomic E-state index is 12.9. The average molecular weight is 544 g/mol. The molecule has 4 atom stereocenters. The monoisotopic (exact) mass is 543 g/mol. The molecule has 3 rings (SSSR count). The quantitative estimate of drug-likeness (QED) is 0.185. The number of hydrogen-bond acceptors (Lipinski definition) is 9. The highest BCUT2D eigenvalue weighted by atomic mass is 79.9. The molecule has 2 saturated heterocycles. The number of rotatable bonds is 9. The Morgan fingerprint density at radius 1 is 1.09 bits per heavy atom. The van der Waals surface area contributed by atoms with Gasteiger partial charge in [-0.25, -0.2) is 0 Å². The lowest BCUT2D eigenvalue weighted by Gasteiger charge is -2.28. The van der Waals surface area contributed by atoms with Crippen molar-refractivity contribution in [2.24, 2.45) is 16.7 Å². The summed E-state index contributed by atoms with van der Waals surface area (Å²) in [5.74, 6) is -2.65. The van der Waals surface area contributed by atoms with Gasteiger partial charge in [-0.05, 0) is 41.0 Å². The van der Waals surface area contributed by atoms with Crippen LogP contribution in [0.25, 0.3) is 0 Å². The van der Waals surface area contributed by atoms with Crippen molar-refractivity contribution in [2.45, 2.75) is 58.4 Å². The lowest BCUT2D eigenvalue weighted by atomic mass is 9.89. The van der Waals surface area contributed by atoms with E-state index < -0.39 is 45.4 Å². The third-order valence-electron chi connectivity index (χ3n) is 5.97. The van der Waals surface area contributed by atoms with Crippen LogP contribution in [0.3, 0.4) is 0 Å². The summed E-state index contributed by atoms with van der Waals surface area (Å²) in [5.41, 5.74) is -1.85. The van der Waals surface area contributed by atoms with Crippen LogP contribution in [0.4, 0.5) is 0 Å². The molecule has 0 aromatic carbocycles. The minimum Gasteiger partial charge on any atom is -0.493 e. The van der Waals surface area contributed by atoms with Crippen molar-refractivity contribution in [3.8, 4) is 0 Å².